The first-order valence-electron chi connectivity index (χ1n) is 7.49. The second-order valence-corrected chi connectivity index (χ2v) is 5.41. The third-order valence-electron chi connectivity index (χ3n) is 3.99. The zero-order valence-corrected chi connectivity index (χ0v) is 11.9. The fourth-order valence-electron chi connectivity index (χ4n) is 2.98. The van der Waals surface area contributed by atoms with Crippen LogP contribution in [0.15, 0.2) is 23.0 Å². The number of aromatic nitrogens is 2. The Hall–Kier alpha value is -1.75. The lowest BCUT2D eigenvalue weighted by Gasteiger charge is -2.23. The molecule has 5 heteroatoms. The van der Waals surface area contributed by atoms with Gasteiger partial charge in [-0.1, -0.05) is 13.0 Å². The minimum absolute atomic E-state index is 0.0117. The fourth-order valence-corrected chi connectivity index (χ4v) is 2.98. The SMILES string of the molecule is CCCNc1cccc2c1[nH]c(=O)n2C1CCNCC1. The molecule has 1 aliphatic heterocycles. The molecular formula is C15H22N4O. The number of H-pyrrole nitrogens is 1. The van der Waals surface area contributed by atoms with Gasteiger partial charge in [0.15, 0.2) is 0 Å². The monoisotopic (exact) mass is 274 g/mol. The van der Waals surface area contributed by atoms with Crippen molar-refractivity contribution in [2.45, 2.75) is 32.2 Å². The largest absolute Gasteiger partial charge is 0.383 e. The van der Waals surface area contributed by atoms with Crippen molar-refractivity contribution in [3.05, 3.63) is 28.7 Å². The van der Waals surface area contributed by atoms with E-state index in [1.165, 1.54) is 0 Å². The van der Waals surface area contributed by atoms with Gasteiger partial charge in [-0.3, -0.25) is 4.57 Å². The van der Waals surface area contributed by atoms with Gasteiger partial charge in [-0.05, 0) is 44.5 Å². The maximum atomic E-state index is 12.3. The molecule has 5 nitrogen and oxygen atoms in total. The molecule has 1 fully saturated rings. The molecule has 0 saturated carbocycles. The van der Waals surface area contributed by atoms with E-state index in [4.69, 9.17) is 0 Å². The second kappa shape index (κ2) is 5.71. The van der Waals surface area contributed by atoms with E-state index >= 15 is 0 Å². The predicted octanol–water partition coefficient (Wildman–Crippen LogP) is 2.08. The minimum atomic E-state index is 0.0117. The molecule has 108 valence electrons. The van der Waals surface area contributed by atoms with Gasteiger partial charge >= 0.3 is 5.69 Å². The number of aromatic amines is 1. The van der Waals surface area contributed by atoms with Gasteiger partial charge in [0.1, 0.15) is 0 Å². The highest BCUT2D eigenvalue weighted by Crippen LogP contribution is 2.25. The summed E-state index contributed by atoms with van der Waals surface area (Å²) in [6.07, 6.45) is 3.09. The van der Waals surface area contributed by atoms with Gasteiger partial charge in [-0.25, -0.2) is 4.79 Å². The molecule has 0 radical (unpaired) electrons. The van der Waals surface area contributed by atoms with E-state index in [0.29, 0.717) is 6.04 Å². The molecule has 1 saturated heterocycles. The molecule has 0 unspecified atom stereocenters. The summed E-state index contributed by atoms with van der Waals surface area (Å²) in [7, 11) is 0. The first-order chi connectivity index (χ1) is 9.81. The second-order valence-electron chi connectivity index (χ2n) is 5.41. The van der Waals surface area contributed by atoms with Gasteiger partial charge in [-0.15, -0.1) is 0 Å². The maximum absolute atomic E-state index is 12.3. The molecule has 0 amide bonds. The average molecular weight is 274 g/mol. The van der Waals surface area contributed by atoms with E-state index in [-0.39, 0.29) is 5.69 Å². The number of para-hydroxylation sites is 1. The molecule has 1 aromatic heterocycles. The molecule has 2 aromatic rings. The van der Waals surface area contributed by atoms with Crippen LogP contribution in [0, 0.1) is 0 Å². The van der Waals surface area contributed by atoms with Gasteiger partial charge in [0.2, 0.25) is 0 Å². The van der Waals surface area contributed by atoms with Gasteiger partial charge in [-0.2, -0.15) is 0 Å². The zero-order chi connectivity index (χ0) is 13.9. The maximum Gasteiger partial charge on any atom is 0.326 e. The molecule has 2 heterocycles. The van der Waals surface area contributed by atoms with Crippen LogP contribution >= 0.6 is 0 Å². The van der Waals surface area contributed by atoms with E-state index in [9.17, 15) is 4.79 Å². The lowest BCUT2D eigenvalue weighted by Crippen LogP contribution is -2.33. The Morgan fingerprint density at radius 3 is 2.90 bits per heavy atom. The number of benzene rings is 1. The minimum Gasteiger partial charge on any atom is -0.383 e. The van der Waals surface area contributed by atoms with E-state index < -0.39 is 0 Å². The van der Waals surface area contributed by atoms with Crippen LogP contribution in [0.25, 0.3) is 11.0 Å². The summed E-state index contributed by atoms with van der Waals surface area (Å²) in [6.45, 7) is 5.02. The Kier molecular flexibility index (Phi) is 3.78. The summed E-state index contributed by atoms with van der Waals surface area (Å²) >= 11 is 0. The van der Waals surface area contributed by atoms with Crippen LogP contribution in [0.2, 0.25) is 0 Å². The Morgan fingerprint density at radius 2 is 2.15 bits per heavy atom. The Balaban J connectivity index is 2.04. The number of fused-ring (bicyclic) bond motifs is 1. The molecule has 3 N–H and O–H groups in total. The number of piperidine rings is 1. The van der Waals surface area contributed by atoms with Crippen molar-refractivity contribution >= 4 is 16.7 Å². The fraction of sp³-hybridized carbons (Fsp3) is 0.533. The normalized spacial score (nSPS) is 16.6. The van der Waals surface area contributed by atoms with Gasteiger partial charge in [0.05, 0.1) is 16.7 Å². The standard InChI is InChI=1S/C15H22N4O/c1-2-8-17-12-4-3-5-13-14(12)18-15(20)19(13)11-6-9-16-10-7-11/h3-5,11,16-17H,2,6-10H2,1H3,(H,18,20). The third-order valence-corrected chi connectivity index (χ3v) is 3.99. The number of anilines is 1. The van der Waals surface area contributed by atoms with Crippen molar-refractivity contribution < 1.29 is 0 Å². The van der Waals surface area contributed by atoms with Gasteiger partial charge in [0, 0.05) is 12.6 Å². The van der Waals surface area contributed by atoms with E-state index in [1.54, 1.807) is 0 Å². The lowest BCUT2D eigenvalue weighted by molar-refractivity contribution is 0.368. The molecule has 1 aromatic carbocycles. The molecule has 0 atom stereocenters. The van der Waals surface area contributed by atoms with Gasteiger partial charge < -0.3 is 15.6 Å². The molecule has 0 aliphatic carbocycles. The summed E-state index contributed by atoms with van der Waals surface area (Å²) in [6, 6.07) is 6.39. The molecule has 1 aliphatic rings. The number of nitrogens with zero attached hydrogens (tertiary/aromatic N) is 1. The van der Waals surface area contributed by atoms with Crippen LogP contribution in [0.5, 0.6) is 0 Å². The van der Waals surface area contributed by atoms with Crippen molar-refractivity contribution in [1.29, 1.82) is 0 Å². The van der Waals surface area contributed by atoms with E-state index in [0.717, 1.165) is 55.6 Å². The molecule has 3 rings (SSSR count). The molecule has 0 spiro atoms. The third kappa shape index (κ3) is 2.33. The Bertz CT molecular complexity index is 637. The Morgan fingerprint density at radius 1 is 1.35 bits per heavy atom. The summed E-state index contributed by atoms with van der Waals surface area (Å²) in [5.41, 5.74) is 2.99. The van der Waals surface area contributed by atoms with Crippen molar-refractivity contribution in [2.24, 2.45) is 0 Å². The quantitative estimate of drug-likeness (QED) is 0.800. The van der Waals surface area contributed by atoms with Crippen molar-refractivity contribution in [3.63, 3.8) is 0 Å². The summed E-state index contributed by atoms with van der Waals surface area (Å²) in [5, 5.41) is 6.73. The molecule has 20 heavy (non-hydrogen) atoms. The molecule has 0 bridgehead atoms. The number of hydrogen-bond donors (Lipinski definition) is 3. The highest BCUT2D eigenvalue weighted by molar-refractivity contribution is 5.88. The number of nitrogens with one attached hydrogen (secondary N) is 3. The van der Waals surface area contributed by atoms with Crippen LogP contribution in [0.3, 0.4) is 0 Å². The summed E-state index contributed by atoms with van der Waals surface area (Å²) in [5.74, 6) is 0. The average Bonchev–Trinajstić information content (AvgIpc) is 2.82. The number of rotatable bonds is 4. The first kappa shape index (κ1) is 13.2. The number of hydrogen-bond acceptors (Lipinski definition) is 3. The zero-order valence-electron chi connectivity index (χ0n) is 11.9. The van der Waals surface area contributed by atoms with Crippen LogP contribution < -0.4 is 16.3 Å². The van der Waals surface area contributed by atoms with E-state index in [1.807, 2.05) is 22.8 Å². The van der Waals surface area contributed by atoms with Crippen LogP contribution in [-0.4, -0.2) is 29.2 Å². The van der Waals surface area contributed by atoms with Crippen LogP contribution in [0.1, 0.15) is 32.2 Å². The van der Waals surface area contributed by atoms with Crippen molar-refractivity contribution in [2.75, 3.05) is 25.0 Å². The van der Waals surface area contributed by atoms with Crippen LogP contribution in [-0.2, 0) is 0 Å². The highest BCUT2D eigenvalue weighted by Gasteiger charge is 2.20. The van der Waals surface area contributed by atoms with Crippen molar-refractivity contribution in [3.8, 4) is 0 Å². The topological polar surface area (TPSA) is 61.9 Å². The smallest absolute Gasteiger partial charge is 0.326 e. The Labute approximate surface area is 118 Å². The number of imidazole rings is 1. The summed E-state index contributed by atoms with van der Waals surface area (Å²) < 4.78 is 1.94. The summed E-state index contributed by atoms with van der Waals surface area (Å²) in [4.78, 5) is 15.3. The highest BCUT2D eigenvalue weighted by atomic mass is 16.1. The van der Waals surface area contributed by atoms with Crippen molar-refractivity contribution in [1.82, 2.24) is 14.9 Å². The van der Waals surface area contributed by atoms with Gasteiger partial charge in [0.25, 0.3) is 0 Å². The van der Waals surface area contributed by atoms with E-state index in [2.05, 4.69) is 22.5 Å². The lowest BCUT2D eigenvalue weighted by atomic mass is 10.1. The molecular weight excluding hydrogens is 252 g/mol. The predicted molar refractivity (Wildman–Crippen MR) is 82.5 cm³/mol. The first-order valence-corrected chi connectivity index (χ1v) is 7.49. The van der Waals surface area contributed by atoms with Crippen LogP contribution in [0.4, 0.5) is 5.69 Å².